The molecule has 136 valence electrons. The van der Waals surface area contributed by atoms with Gasteiger partial charge in [-0.1, -0.05) is 30.3 Å². The van der Waals surface area contributed by atoms with Gasteiger partial charge in [0.25, 0.3) is 0 Å². The molecule has 0 aliphatic rings. The van der Waals surface area contributed by atoms with Crippen molar-refractivity contribution in [2.45, 2.75) is 18.7 Å². The zero-order valence-electron chi connectivity index (χ0n) is 14.5. The fraction of sp³-hybridized carbons (Fsp3) is 0.150. The van der Waals surface area contributed by atoms with E-state index in [2.05, 4.69) is 4.98 Å². The molecule has 1 atom stereocenters. The van der Waals surface area contributed by atoms with Crippen LogP contribution in [0, 0.1) is 6.92 Å². The zero-order valence-corrected chi connectivity index (χ0v) is 16.9. The van der Waals surface area contributed by atoms with E-state index in [0.717, 1.165) is 5.56 Å². The molecule has 4 aromatic rings. The molecule has 4 rings (SSSR count). The van der Waals surface area contributed by atoms with Crippen molar-refractivity contribution < 1.29 is 9.21 Å². The van der Waals surface area contributed by atoms with Crippen molar-refractivity contribution in [3.05, 3.63) is 85.0 Å². The van der Waals surface area contributed by atoms with Gasteiger partial charge in [-0.15, -0.1) is 34.3 Å². The third kappa shape index (κ3) is 3.14. The van der Waals surface area contributed by atoms with E-state index in [-0.39, 0.29) is 11.7 Å². The summed E-state index contributed by atoms with van der Waals surface area (Å²) in [7, 11) is 0. The molecule has 0 aliphatic heterocycles. The number of carbonyl (C=O) groups is 1. The summed E-state index contributed by atoms with van der Waals surface area (Å²) < 4.78 is 5.43. The summed E-state index contributed by atoms with van der Waals surface area (Å²) in [6.45, 7) is 3.57. The molecule has 0 radical (unpaired) electrons. The largest absolute Gasteiger partial charge is 0.405 e. The van der Waals surface area contributed by atoms with Crippen molar-refractivity contribution in [3.63, 3.8) is 0 Å². The molecule has 7 heteroatoms. The van der Waals surface area contributed by atoms with E-state index in [0.29, 0.717) is 26.2 Å². The summed E-state index contributed by atoms with van der Waals surface area (Å²) in [5.74, 6) is 0.105. The van der Waals surface area contributed by atoms with Gasteiger partial charge in [0, 0.05) is 5.56 Å². The second kappa shape index (κ2) is 6.71. The Morgan fingerprint density at radius 1 is 1.19 bits per heavy atom. The monoisotopic (exact) mass is 415 g/mol. The number of rotatable bonds is 4. The smallest absolute Gasteiger partial charge is 0.348 e. The molecule has 0 N–H and O–H groups in total. The molecule has 4 nitrogen and oxygen atoms in total. The standard InChI is InChI=1S/C20H14ClNO3S2/c1-11-10-27-17-15(11)18(24)25-19(22-17)20(2,21)13-7-5-12(6-8-13)16(23)14-4-3-9-26-14/h3-10H,1-2H3. The van der Waals surface area contributed by atoms with Gasteiger partial charge in [0.15, 0.2) is 0 Å². The van der Waals surface area contributed by atoms with E-state index in [1.807, 2.05) is 23.8 Å². The molecule has 27 heavy (non-hydrogen) atoms. The number of ketones is 1. The van der Waals surface area contributed by atoms with Gasteiger partial charge in [0.05, 0.1) is 10.3 Å². The number of halogens is 1. The third-order valence-corrected chi connectivity index (χ3v) is 6.63. The fourth-order valence-electron chi connectivity index (χ4n) is 2.82. The summed E-state index contributed by atoms with van der Waals surface area (Å²) in [5.41, 5.74) is 1.67. The zero-order chi connectivity index (χ0) is 19.2. The van der Waals surface area contributed by atoms with Crippen LogP contribution in [0.2, 0.25) is 0 Å². The summed E-state index contributed by atoms with van der Waals surface area (Å²) in [6.07, 6.45) is 0. The van der Waals surface area contributed by atoms with Crippen molar-refractivity contribution in [1.29, 1.82) is 0 Å². The van der Waals surface area contributed by atoms with Gasteiger partial charge in [-0.25, -0.2) is 9.78 Å². The maximum absolute atomic E-state index is 12.4. The Morgan fingerprint density at radius 2 is 1.93 bits per heavy atom. The van der Waals surface area contributed by atoms with E-state index < -0.39 is 10.5 Å². The number of aryl methyl sites for hydroxylation is 1. The number of nitrogens with zero attached hydrogens (tertiary/aromatic N) is 1. The number of fused-ring (bicyclic) bond motifs is 1. The van der Waals surface area contributed by atoms with Gasteiger partial charge in [-0.05, 0) is 41.8 Å². The second-order valence-corrected chi connectivity index (χ2v) is 8.85. The maximum atomic E-state index is 12.4. The van der Waals surface area contributed by atoms with Crippen LogP contribution in [0.3, 0.4) is 0 Å². The minimum absolute atomic E-state index is 0.0343. The molecular weight excluding hydrogens is 402 g/mol. The van der Waals surface area contributed by atoms with Crippen LogP contribution in [0.1, 0.15) is 39.2 Å². The second-order valence-electron chi connectivity index (χ2n) is 6.29. The van der Waals surface area contributed by atoms with E-state index in [1.165, 1.54) is 22.7 Å². The number of hydrogen-bond acceptors (Lipinski definition) is 6. The molecule has 0 bridgehead atoms. The third-order valence-electron chi connectivity index (χ3n) is 4.39. The minimum Gasteiger partial charge on any atom is -0.405 e. The first-order valence-corrected chi connectivity index (χ1v) is 10.3. The van der Waals surface area contributed by atoms with E-state index in [1.54, 1.807) is 37.3 Å². The normalized spacial score (nSPS) is 13.6. The Balaban J connectivity index is 1.72. The predicted octanol–water partition coefficient (Wildman–Crippen LogP) is 5.35. The molecule has 0 spiro atoms. The summed E-state index contributed by atoms with van der Waals surface area (Å²) in [6, 6.07) is 10.6. The molecule has 0 aliphatic carbocycles. The first-order chi connectivity index (χ1) is 12.9. The van der Waals surface area contributed by atoms with Crippen LogP contribution in [-0.2, 0) is 4.87 Å². The fourth-order valence-corrected chi connectivity index (χ4v) is 4.62. The highest BCUT2D eigenvalue weighted by Gasteiger charge is 2.32. The van der Waals surface area contributed by atoms with Gasteiger partial charge in [0.2, 0.25) is 11.7 Å². The lowest BCUT2D eigenvalue weighted by atomic mass is 9.97. The molecule has 0 fully saturated rings. The molecule has 0 amide bonds. The predicted molar refractivity (Wildman–Crippen MR) is 109 cm³/mol. The summed E-state index contributed by atoms with van der Waals surface area (Å²) >= 11 is 9.51. The molecular formula is C20H14ClNO3S2. The molecule has 1 unspecified atom stereocenters. The first kappa shape index (κ1) is 18.1. The maximum Gasteiger partial charge on any atom is 0.348 e. The highest BCUT2D eigenvalue weighted by molar-refractivity contribution is 7.16. The van der Waals surface area contributed by atoms with Crippen molar-refractivity contribution in [3.8, 4) is 0 Å². The first-order valence-electron chi connectivity index (χ1n) is 8.15. The van der Waals surface area contributed by atoms with E-state index >= 15 is 0 Å². The molecule has 0 saturated carbocycles. The van der Waals surface area contributed by atoms with Crippen molar-refractivity contribution in [2.24, 2.45) is 0 Å². The Labute approximate surface area is 168 Å². The average molecular weight is 416 g/mol. The van der Waals surface area contributed by atoms with Gasteiger partial charge >= 0.3 is 5.63 Å². The van der Waals surface area contributed by atoms with Crippen LogP contribution in [0.15, 0.2) is 56.4 Å². The van der Waals surface area contributed by atoms with Crippen LogP contribution in [-0.4, -0.2) is 10.8 Å². The van der Waals surface area contributed by atoms with E-state index in [9.17, 15) is 9.59 Å². The van der Waals surface area contributed by atoms with Crippen molar-refractivity contribution in [2.75, 3.05) is 0 Å². The Bertz CT molecular complexity index is 1190. The minimum atomic E-state index is -1.13. The molecule has 1 aromatic carbocycles. The Morgan fingerprint density at radius 3 is 2.59 bits per heavy atom. The van der Waals surface area contributed by atoms with Gasteiger partial charge in [-0.2, -0.15) is 0 Å². The lowest BCUT2D eigenvalue weighted by Crippen LogP contribution is -2.20. The number of alkyl halides is 1. The number of carbonyl (C=O) groups excluding carboxylic acids is 1. The number of benzene rings is 1. The highest BCUT2D eigenvalue weighted by Crippen LogP contribution is 2.36. The summed E-state index contributed by atoms with van der Waals surface area (Å²) in [5, 5.41) is 4.23. The van der Waals surface area contributed by atoms with Crippen LogP contribution < -0.4 is 5.63 Å². The number of hydrogen-bond donors (Lipinski definition) is 0. The lowest BCUT2D eigenvalue weighted by Gasteiger charge is -2.20. The topological polar surface area (TPSA) is 60.2 Å². The Kier molecular flexibility index (Phi) is 4.50. The number of thiophene rings is 2. The highest BCUT2D eigenvalue weighted by atomic mass is 35.5. The average Bonchev–Trinajstić information content (AvgIpc) is 3.31. The van der Waals surface area contributed by atoms with Crippen molar-refractivity contribution >= 4 is 50.3 Å². The van der Waals surface area contributed by atoms with Gasteiger partial charge in [-0.3, -0.25) is 4.79 Å². The van der Waals surface area contributed by atoms with Gasteiger partial charge < -0.3 is 4.42 Å². The van der Waals surface area contributed by atoms with Crippen LogP contribution in [0.25, 0.3) is 10.2 Å². The van der Waals surface area contributed by atoms with Crippen LogP contribution in [0.5, 0.6) is 0 Å². The summed E-state index contributed by atoms with van der Waals surface area (Å²) in [4.78, 5) is 29.4. The lowest BCUT2D eigenvalue weighted by molar-refractivity contribution is 0.104. The van der Waals surface area contributed by atoms with Crippen LogP contribution >= 0.6 is 34.3 Å². The molecule has 3 aromatic heterocycles. The Hall–Kier alpha value is -2.28. The van der Waals surface area contributed by atoms with Crippen LogP contribution in [0.4, 0.5) is 0 Å². The SMILES string of the molecule is Cc1csc2nc(C(C)(Cl)c3ccc(C(=O)c4cccs4)cc3)oc(=O)c12. The quantitative estimate of drug-likeness (QED) is 0.333. The molecule has 3 heterocycles. The van der Waals surface area contributed by atoms with Crippen molar-refractivity contribution in [1.82, 2.24) is 4.98 Å². The van der Waals surface area contributed by atoms with E-state index in [4.69, 9.17) is 16.0 Å². The van der Waals surface area contributed by atoms with Gasteiger partial charge in [0.1, 0.15) is 9.70 Å². The molecule has 0 saturated heterocycles. The number of aromatic nitrogens is 1.